The van der Waals surface area contributed by atoms with Gasteiger partial charge in [-0.2, -0.15) is 11.8 Å². The second kappa shape index (κ2) is 9.48. The van der Waals surface area contributed by atoms with Gasteiger partial charge in [0.1, 0.15) is 11.9 Å². The number of halogens is 1. The fourth-order valence-electron chi connectivity index (χ4n) is 4.38. The number of nitrogens with zero attached hydrogens (tertiary/aromatic N) is 2. The number of hydrogen-bond acceptors (Lipinski definition) is 6. The summed E-state index contributed by atoms with van der Waals surface area (Å²) in [6.45, 7) is 0. The van der Waals surface area contributed by atoms with E-state index < -0.39 is 11.9 Å². The van der Waals surface area contributed by atoms with Gasteiger partial charge in [0, 0.05) is 10.9 Å². The molecule has 2 aliphatic rings. The molecule has 0 bridgehead atoms. The standard InChI is InChI=1S/C22H24FN3O3S2/c1-30-11-10-18(26-20(28)15-4-2-3-5-16(15)21(26)29)19(27)25-22-24-17(12-31-22)13-6-8-14(23)9-7-13/h6-9,12,15-16,18H,2-5,10-11H2,1H3,(H,24,25,27). The van der Waals surface area contributed by atoms with Gasteiger partial charge in [-0.1, -0.05) is 12.8 Å². The molecule has 3 atom stereocenters. The summed E-state index contributed by atoms with van der Waals surface area (Å²) in [6, 6.07) is 5.13. The van der Waals surface area contributed by atoms with Crippen molar-refractivity contribution in [1.82, 2.24) is 9.88 Å². The lowest BCUT2D eigenvalue weighted by atomic mass is 9.81. The predicted octanol–water partition coefficient (Wildman–Crippen LogP) is 4.18. The molecule has 1 saturated heterocycles. The van der Waals surface area contributed by atoms with Crippen LogP contribution in [-0.4, -0.2) is 45.7 Å². The maximum atomic E-state index is 13.2. The lowest BCUT2D eigenvalue weighted by molar-refractivity contribution is -0.146. The Labute approximate surface area is 188 Å². The minimum Gasteiger partial charge on any atom is -0.300 e. The zero-order valence-electron chi connectivity index (χ0n) is 17.2. The molecular formula is C22H24FN3O3S2. The Morgan fingerprint density at radius 3 is 2.48 bits per heavy atom. The molecule has 2 aromatic rings. The summed E-state index contributed by atoms with van der Waals surface area (Å²) < 4.78 is 13.2. The number of rotatable bonds is 7. The second-order valence-corrected chi connectivity index (χ2v) is 9.72. The van der Waals surface area contributed by atoms with Gasteiger partial charge in [0.05, 0.1) is 17.5 Å². The molecule has 2 fully saturated rings. The number of thioether (sulfide) groups is 1. The highest BCUT2D eigenvalue weighted by atomic mass is 32.2. The van der Waals surface area contributed by atoms with E-state index in [1.807, 2.05) is 6.26 Å². The normalized spacial score (nSPS) is 21.8. The fraction of sp³-hybridized carbons (Fsp3) is 0.455. The van der Waals surface area contributed by atoms with E-state index in [0.29, 0.717) is 23.0 Å². The van der Waals surface area contributed by atoms with E-state index >= 15 is 0 Å². The lowest BCUT2D eigenvalue weighted by Gasteiger charge is -2.25. The third kappa shape index (κ3) is 4.52. The highest BCUT2D eigenvalue weighted by Gasteiger charge is 2.51. The van der Waals surface area contributed by atoms with E-state index in [4.69, 9.17) is 0 Å². The largest absolute Gasteiger partial charge is 0.300 e. The Morgan fingerprint density at radius 1 is 1.23 bits per heavy atom. The topological polar surface area (TPSA) is 79.4 Å². The summed E-state index contributed by atoms with van der Waals surface area (Å²) in [7, 11) is 0. The van der Waals surface area contributed by atoms with Crippen LogP contribution in [0.15, 0.2) is 29.6 Å². The molecule has 1 N–H and O–H groups in total. The Kier molecular flexibility index (Phi) is 6.71. The van der Waals surface area contributed by atoms with Gasteiger partial charge in [-0.05, 0) is 55.5 Å². The van der Waals surface area contributed by atoms with E-state index in [0.717, 1.165) is 31.2 Å². The number of hydrogen-bond donors (Lipinski definition) is 1. The van der Waals surface area contributed by atoms with Gasteiger partial charge < -0.3 is 5.32 Å². The molecule has 4 rings (SSSR count). The minimum absolute atomic E-state index is 0.206. The van der Waals surface area contributed by atoms with Crippen LogP contribution in [0, 0.1) is 17.7 Å². The SMILES string of the molecule is CSCCC(C(=O)Nc1nc(-c2ccc(F)cc2)cs1)N1C(=O)C2CCCCC2C1=O. The van der Waals surface area contributed by atoms with Gasteiger partial charge in [0.15, 0.2) is 5.13 Å². The lowest BCUT2D eigenvalue weighted by Crippen LogP contribution is -2.48. The third-order valence-electron chi connectivity index (χ3n) is 5.96. The molecule has 3 unspecified atom stereocenters. The van der Waals surface area contributed by atoms with Crippen LogP contribution in [0.3, 0.4) is 0 Å². The third-order valence-corrected chi connectivity index (χ3v) is 7.36. The zero-order valence-corrected chi connectivity index (χ0v) is 18.8. The molecule has 1 aliphatic heterocycles. The Hall–Kier alpha value is -2.26. The number of fused-ring (bicyclic) bond motifs is 1. The fourth-order valence-corrected chi connectivity index (χ4v) is 5.56. The average Bonchev–Trinajstić information content (AvgIpc) is 3.33. The highest BCUT2D eigenvalue weighted by molar-refractivity contribution is 7.98. The summed E-state index contributed by atoms with van der Waals surface area (Å²) in [5.74, 6) is -1.04. The van der Waals surface area contributed by atoms with Crippen molar-refractivity contribution < 1.29 is 18.8 Å². The van der Waals surface area contributed by atoms with Gasteiger partial charge in [-0.25, -0.2) is 9.37 Å². The van der Waals surface area contributed by atoms with Crippen molar-refractivity contribution in [2.75, 3.05) is 17.3 Å². The number of aromatic nitrogens is 1. The summed E-state index contributed by atoms with van der Waals surface area (Å²) in [4.78, 5) is 44.8. The molecule has 0 radical (unpaired) electrons. The van der Waals surface area contributed by atoms with Crippen LogP contribution in [0.25, 0.3) is 11.3 Å². The number of thiazole rings is 1. The first-order valence-electron chi connectivity index (χ1n) is 10.4. The molecule has 0 spiro atoms. The van der Waals surface area contributed by atoms with Gasteiger partial charge >= 0.3 is 0 Å². The van der Waals surface area contributed by atoms with E-state index in [9.17, 15) is 18.8 Å². The molecule has 3 amide bonds. The van der Waals surface area contributed by atoms with E-state index in [2.05, 4.69) is 10.3 Å². The van der Waals surface area contributed by atoms with E-state index in [1.54, 1.807) is 29.3 Å². The van der Waals surface area contributed by atoms with Crippen LogP contribution in [0.4, 0.5) is 9.52 Å². The number of anilines is 1. The highest BCUT2D eigenvalue weighted by Crippen LogP contribution is 2.39. The van der Waals surface area contributed by atoms with Crippen molar-refractivity contribution in [3.63, 3.8) is 0 Å². The number of carbonyl (C=O) groups is 3. The summed E-state index contributed by atoms with van der Waals surface area (Å²) in [5.41, 5.74) is 1.37. The monoisotopic (exact) mass is 461 g/mol. The number of benzene rings is 1. The molecule has 6 nitrogen and oxygen atoms in total. The molecular weight excluding hydrogens is 437 g/mol. The summed E-state index contributed by atoms with van der Waals surface area (Å²) in [5, 5.41) is 4.95. The van der Waals surface area contributed by atoms with Crippen molar-refractivity contribution in [1.29, 1.82) is 0 Å². The van der Waals surface area contributed by atoms with Gasteiger partial charge in [-0.15, -0.1) is 11.3 Å². The number of likely N-dealkylation sites (tertiary alicyclic amines) is 1. The second-order valence-electron chi connectivity index (χ2n) is 7.88. The molecule has 31 heavy (non-hydrogen) atoms. The van der Waals surface area contributed by atoms with Gasteiger partial charge in [0.25, 0.3) is 0 Å². The smallest absolute Gasteiger partial charge is 0.249 e. The maximum absolute atomic E-state index is 13.2. The van der Waals surface area contributed by atoms with Crippen molar-refractivity contribution in [2.45, 2.75) is 38.1 Å². The predicted molar refractivity (Wildman–Crippen MR) is 120 cm³/mol. The molecule has 1 aromatic carbocycles. The molecule has 1 aliphatic carbocycles. The van der Waals surface area contributed by atoms with E-state index in [-0.39, 0.29) is 29.5 Å². The van der Waals surface area contributed by atoms with Crippen molar-refractivity contribution in [2.24, 2.45) is 11.8 Å². The summed E-state index contributed by atoms with van der Waals surface area (Å²) >= 11 is 2.82. The Balaban J connectivity index is 1.52. The number of nitrogens with one attached hydrogen (secondary N) is 1. The molecule has 2 heterocycles. The summed E-state index contributed by atoms with van der Waals surface area (Å²) in [6.07, 6.45) is 5.66. The van der Waals surface area contributed by atoms with E-state index in [1.165, 1.54) is 28.4 Å². The molecule has 1 aromatic heterocycles. The molecule has 1 saturated carbocycles. The first kappa shape index (κ1) is 22.0. The molecule has 9 heteroatoms. The van der Waals surface area contributed by atoms with Crippen LogP contribution >= 0.6 is 23.1 Å². The average molecular weight is 462 g/mol. The van der Waals surface area contributed by atoms with Gasteiger partial charge in [0.2, 0.25) is 17.7 Å². The van der Waals surface area contributed by atoms with Crippen LogP contribution in [0.5, 0.6) is 0 Å². The van der Waals surface area contributed by atoms with Gasteiger partial charge in [-0.3, -0.25) is 19.3 Å². The maximum Gasteiger partial charge on any atom is 0.249 e. The van der Waals surface area contributed by atoms with Crippen LogP contribution in [-0.2, 0) is 14.4 Å². The Morgan fingerprint density at radius 2 is 1.87 bits per heavy atom. The first-order chi connectivity index (χ1) is 15.0. The van der Waals surface area contributed by atoms with Crippen molar-refractivity contribution in [3.8, 4) is 11.3 Å². The minimum atomic E-state index is -0.837. The van der Waals surface area contributed by atoms with Crippen LogP contribution in [0.1, 0.15) is 32.1 Å². The van der Waals surface area contributed by atoms with Crippen LogP contribution < -0.4 is 5.32 Å². The zero-order chi connectivity index (χ0) is 22.0. The van der Waals surface area contributed by atoms with Crippen molar-refractivity contribution >= 4 is 46.0 Å². The quantitative estimate of drug-likeness (QED) is 0.626. The van der Waals surface area contributed by atoms with Crippen molar-refractivity contribution in [3.05, 3.63) is 35.5 Å². The van der Waals surface area contributed by atoms with Crippen LogP contribution in [0.2, 0.25) is 0 Å². The first-order valence-corrected chi connectivity index (χ1v) is 12.6. The number of carbonyl (C=O) groups excluding carboxylic acids is 3. The Bertz CT molecular complexity index is 955. The number of amides is 3. The number of imide groups is 1. The molecule has 164 valence electrons.